The Morgan fingerprint density at radius 3 is 2.67 bits per heavy atom. The van der Waals surface area contributed by atoms with Crippen molar-refractivity contribution in [2.75, 3.05) is 11.9 Å². The molecule has 0 aliphatic heterocycles. The van der Waals surface area contributed by atoms with Gasteiger partial charge in [0.05, 0.1) is 5.69 Å². The van der Waals surface area contributed by atoms with E-state index in [0.717, 1.165) is 29.8 Å². The van der Waals surface area contributed by atoms with Crippen molar-refractivity contribution in [2.45, 2.75) is 46.5 Å². The van der Waals surface area contributed by atoms with Gasteiger partial charge in [-0.1, -0.05) is 13.3 Å². The van der Waals surface area contributed by atoms with Crippen molar-refractivity contribution in [1.29, 1.82) is 0 Å². The first kappa shape index (κ1) is 15.1. The first-order valence-electron chi connectivity index (χ1n) is 6.50. The van der Waals surface area contributed by atoms with E-state index in [4.69, 9.17) is 5.73 Å². The van der Waals surface area contributed by atoms with E-state index in [9.17, 15) is 4.79 Å². The van der Waals surface area contributed by atoms with E-state index in [1.54, 1.807) is 0 Å². The van der Waals surface area contributed by atoms with Crippen LogP contribution in [0.15, 0.2) is 0 Å². The minimum absolute atomic E-state index is 0.0548. The highest BCUT2D eigenvalue weighted by Gasteiger charge is 2.11. The molecule has 1 aromatic heterocycles. The average Bonchev–Trinajstić information content (AvgIpc) is 2.63. The highest BCUT2D eigenvalue weighted by molar-refractivity contribution is 7.15. The zero-order valence-corrected chi connectivity index (χ0v) is 12.3. The van der Waals surface area contributed by atoms with Gasteiger partial charge < -0.3 is 11.1 Å². The summed E-state index contributed by atoms with van der Waals surface area (Å²) in [6, 6.07) is 0. The van der Waals surface area contributed by atoms with Gasteiger partial charge >= 0.3 is 0 Å². The molecule has 102 valence electrons. The average molecular weight is 269 g/mol. The third kappa shape index (κ3) is 4.74. The van der Waals surface area contributed by atoms with E-state index in [1.807, 2.05) is 13.8 Å². The Morgan fingerprint density at radius 2 is 2.17 bits per heavy atom. The molecular weight excluding hydrogens is 246 g/mol. The maximum absolute atomic E-state index is 11.8. The minimum Gasteiger partial charge on any atom is -0.330 e. The predicted octanol–water partition coefficient (Wildman–Crippen LogP) is 2.85. The molecule has 1 atom stereocenters. The van der Waals surface area contributed by atoms with Crippen LogP contribution < -0.4 is 11.1 Å². The molecule has 0 saturated heterocycles. The molecule has 1 unspecified atom stereocenters. The van der Waals surface area contributed by atoms with Crippen LogP contribution in [0.25, 0.3) is 0 Å². The Bertz CT molecular complexity index is 370. The Balaban J connectivity index is 2.37. The second kappa shape index (κ2) is 7.48. The fourth-order valence-corrected chi connectivity index (χ4v) is 2.66. The summed E-state index contributed by atoms with van der Waals surface area (Å²) in [7, 11) is 0. The van der Waals surface area contributed by atoms with E-state index >= 15 is 0 Å². The highest BCUT2D eigenvalue weighted by Crippen LogP contribution is 2.22. The molecule has 0 aliphatic rings. The van der Waals surface area contributed by atoms with Crippen LogP contribution in [0.3, 0.4) is 0 Å². The second-order valence-electron chi connectivity index (χ2n) is 4.60. The molecule has 1 aromatic rings. The Morgan fingerprint density at radius 1 is 1.44 bits per heavy atom. The molecule has 0 spiro atoms. The molecule has 1 amide bonds. The van der Waals surface area contributed by atoms with Crippen LogP contribution >= 0.6 is 11.3 Å². The zero-order chi connectivity index (χ0) is 13.5. The summed E-state index contributed by atoms with van der Waals surface area (Å²) in [5.41, 5.74) is 6.54. The number of nitrogens with two attached hydrogens (primary N) is 1. The first-order valence-corrected chi connectivity index (χ1v) is 7.32. The summed E-state index contributed by atoms with van der Waals surface area (Å²) in [5, 5.41) is 3.57. The number of thiazole rings is 1. The number of anilines is 1. The van der Waals surface area contributed by atoms with Crippen molar-refractivity contribution in [3.8, 4) is 0 Å². The van der Waals surface area contributed by atoms with E-state index < -0.39 is 0 Å². The number of carbonyl (C=O) groups excluding carboxylic acids is 1. The summed E-state index contributed by atoms with van der Waals surface area (Å²) < 4.78 is 0. The summed E-state index contributed by atoms with van der Waals surface area (Å²) in [6.45, 7) is 6.81. The molecule has 0 fully saturated rings. The number of aryl methyl sites for hydroxylation is 2. The monoisotopic (exact) mass is 269 g/mol. The Hall–Kier alpha value is -0.940. The van der Waals surface area contributed by atoms with E-state index in [-0.39, 0.29) is 5.91 Å². The van der Waals surface area contributed by atoms with Crippen LogP contribution in [0.4, 0.5) is 5.13 Å². The lowest BCUT2D eigenvalue weighted by atomic mass is 9.96. The molecular formula is C13H23N3OS. The van der Waals surface area contributed by atoms with Crippen molar-refractivity contribution in [3.05, 3.63) is 10.6 Å². The molecule has 3 N–H and O–H groups in total. The van der Waals surface area contributed by atoms with Crippen LogP contribution in [0.5, 0.6) is 0 Å². The molecule has 4 nitrogen and oxygen atoms in total. The number of rotatable bonds is 7. The topological polar surface area (TPSA) is 68.0 Å². The van der Waals surface area contributed by atoms with Gasteiger partial charge in [-0.2, -0.15) is 0 Å². The number of carbonyl (C=O) groups is 1. The molecule has 1 rings (SSSR count). The number of nitrogens with zero attached hydrogens (tertiary/aromatic N) is 1. The van der Waals surface area contributed by atoms with Crippen molar-refractivity contribution in [2.24, 2.45) is 11.7 Å². The Kier molecular flexibility index (Phi) is 6.29. The third-order valence-corrected chi connectivity index (χ3v) is 4.20. The Labute approximate surface area is 113 Å². The van der Waals surface area contributed by atoms with Gasteiger partial charge in [-0.25, -0.2) is 4.98 Å². The molecule has 0 saturated carbocycles. The smallest absolute Gasteiger partial charge is 0.226 e. The number of hydrogen-bond acceptors (Lipinski definition) is 4. The van der Waals surface area contributed by atoms with E-state index in [1.165, 1.54) is 11.3 Å². The van der Waals surface area contributed by atoms with Crippen molar-refractivity contribution >= 4 is 22.4 Å². The van der Waals surface area contributed by atoms with Gasteiger partial charge in [0.25, 0.3) is 0 Å². The largest absolute Gasteiger partial charge is 0.330 e. The fourth-order valence-electron chi connectivity index (χ4n) is 1.83. The van der Waals surface area contributed by atoms with Crippen LogP contribution in [0.2, 0.25) is 0 Å². The molecule has 0 aliphatic carbocycles. The third-order valence-electron chi connectivity index (χ3n) is 3.21. The van der Waals surface area contributed by atoms with Gasteiger partial charge in [0.2, 0.25) is 5.91 Å². The van der Waals surface area contributed by atoms with Crippen LogP contribution in [0, 0.1) is 19.8 Å². The molecule has 0 bridgehead atoms. The highest BCUT2D eigenvalue weighted by atomic mass is 32.1. The summed E-state index contributed by atoms with van der Waals surface area (Å²) >= 11 is 1.53. The number of amides is 1. The van der Waals surface area contributed by atoms with Gasteiger partial charge in [0, 0.05) is 11.3 Å². The second-order valence-corrected chi connectivity index (χ2v) is 5.80. The lowest BCUT2D eigenvalue weighted by molar-refractivity contribution is -0.116. The first-order chi connectivity index (χ1) is 8.56. The van der Waals surface area contributed by atoms with E-state index in [0.29, 0.717) is 24.0 Å². The number of aromatic nitrogens is 1. The molecule has 0 aromatic carbocycles. The molecule has 18 heavy (non-hydrogen) atoms. The molecule has 5 heteroatoms. The van der Waals surface area contributed by atoms with Gasteiger partial charge in [-0.15, -0.1) is 11.3 Å². The predicted molar refractivity (Wildman–Crippen MR) is 76.9 cm³/mol. The standard InChI is InChI=1S/C13H23N3OS/c1-4-11(7-8-14)5-6-12(17)16-13-15-9(2)10(3)18-13/h11H,4-8,14H2,1-3H3,(H,15,16,17). The fraction of sp³-hybridized carbons (Fsp3) is 0.692. The van der Waals surface area contributed by atoms with Crippen LogP contribution in [-0.4, -0.2) is 17.4 Å². The maximum atomic E-state index is 11.8. The van der Waals surface area contributed by atoms with Gasteiger partial charge in [0.1, 0.15) is 0 Å². The number of nitrogens with one attached hydrogen (secondary N) is 1. The summed E-state index contributed by atoms with van der Waals surface area (Å²) in [6.07, 6.45) is 3.54. The molecule has 1 heterocycles. The van der Waals surface area contributed by atoms with Crippen molar-refractivity contribution in [1.82, 2.24) is 4.98 Å². The van der Waals surface area contributed by atoms with Crippen molar-refractivity contribution in [3.63, 3.8) is 0 Å². The zero-order valence-electron chi connectivity index (χ0n) is 11.5. The van der Waals surface area contributed by atoms with Crippen molar-refractivity contribution < 1.29 is 4.79 Å². The number of hydrogen-bond donors (Lipinski definition) is 2. The minimum atomic E-state index is 0.0548. The normalized spacial score (nSPS) is 12.4. The lowest BCUT2D eigenvalue weighted by Crippen LogP contribution is -2.15. The SMILES string of the molecule is CCC(CCN)CCC(=O)Nc1nc(C)c(C)s1. The quantitative estimate of drug-likeness (QED) is 0.799. The lowest BCUT2D eigenvalue weighted by Gasteiger charge is -2.12. The van der Waals surface area contributed by atoms with Crippen LogP contribution in [-0.2, 0) is 4.79 Å². The van der Waals surface area contributed by atoms with E-state index in [2.05, 4.69) is 17.2 Å². The summed E-state index contributed by atoms with van der Waals surface area (Å²) in [5.74, 6) is 0.611. The van der Waals surface area contributed by atoms with Crippen LogP contribution in [0.1, 0.15) is 43.2 Å². The van der Waals surface area contributed by atoms with Gasteiger partial charge in [-0.05, 0) is 39.2 Å². The van der Waals surface area contributed by atoms with Gasteiger partial charge in [0.15, 0.2) is 5.13 Å². The summed E-state index contributed by atoms with van der Waals surface area (Å²) in [4.78, 5) is 17.2. The van der Waals surface area contributed by atoms with Gasteiger partial charge in [-0.3, -0.25) is 4.79 Å². The maximum Gasteiger partial charge on any atom is 0.226 e. The molecule has 0 radical (unpaired) electrons.